The van der Waals surface area contributed by atoms with Crippen molar-refractivity contribution in [2.75, 3.05) is 26.9 Å². The first-order valence-electron chi connectivity index (χ1n) is 4.79. The molecule has 1 aliphatic heterocycles. The van der Waals surface area contributed by atoms with Gasteiger partial charge in [0.1, 0.15) is 0 Å². The Hall–Kier alpha value is -0.590. The first-order valence-corrected chi connectivity index (χ1v) is 4.79. The van der Waals surface area contributed by atoms with E-state index >= 15 is 0 Å². The maximum atomic E-state index is 6.77. The largest absolute Gasteiger partial charge is 0.382 e. The SMILES string of the molecule is [C-]#[N+]CCC1(COC)CCCCO1. The molecule has 0 aromatic carbocycles. The summed E-state index contributed by atoms with van der Waals surface area (Å²) < 4.78 is 10.9. The van der Waals surface area contributed by atoms with Crippen molar-refractivity contribution in [1.29, 1.82) is 0 Å². The summed E-state index contributed by atoms with van der Waals surface area (Å²) in [7, 11) is 1.69. The topological polar surface area (TPSA) is 22.8 Å². The Morgan fingerprint density at radius 2 is 2.38 bits per heavy atom. The van der Waals surface area contributed by atoms with Gasteiger partial charge in [0.05, 0.1) is 18.6 Å². The maximum Gasteiger partial charge on any atom is 0.217 e. The van der Waals surface area contributed by atoms with Gasteiger partial charge in [-0.05, 0) is 19.3 Å². The van der Waals surface area contributed by atoms with Crippen LogP contribution < -0.4 is 0 Å². The summed E-state index contributed by atoms with van der Waals surface area (Å²) in [6, 6.07) is 0. The van der Waals surface area contributed by atoms with E-state index in [4.69, 9.17) is 16.0 Å². The van der Waals surface area contributed by atoms with E-state index in [1.54, 1.807) is 7.11 Å². The Morgan fingerprint density at radius 3 is 2.92 bits per heavy atom. The average molecular weight is 183 g/mol. The van der Waals surface area contributed by atoms with Crippen LogP contribution in [0, 0.1) is 6.57 Å². The van der Waals surface area contributed by atoms with Gasteiger partial charge in [-0.3, -0.25) is 0 Å². The third-order valence-corrected chi connectivity index (χ3v) is 2.52. The van der Waals surface area contributed by atoms with Crippen molar-refractivity contribution in [2.24, 2.45) is 0 Å². The fourth-order valence-electron chi connectivity index (χ4n) is 1.82. The number of methoxy groups -OCH3 is 1. The van der Waals surface area contributed by atoms with E-state index in [1.807, 2.05) is 0 Å². The normalized spacial score (nSPS) is 28.3. The number of rotatable bonds is 4. The molecule has 3 heteroatoms. The lowest BCUT2D eigenvalue weighted by molar-refractivity contribution is -0.117. The minimum Gasteiger partial charge on any atom is -0.382 e. The molecule has 13 heavy (non-hydrogen) atoms. The van der Waals surface area contributed by atoms with E-state index in [1.165, 1.54) is 6.42 Å². The zero-order valence-electron chi connectivity index (χ0n) is 8.21. The molecule has 0 N–H and O–H groups in total. The Bertz CT molecular complexity index is 174. The highest BCUT2D eigenvalue weighted by molar-refractivity contribution is 4.86. The smallest absolute Gasteiger partial charge is 0.217 e. The van der Waals surface area contributed by atoms with E-state index in [2.05, 4.69) is 4.85 Å². The van der Waals surface area contributed by atoms with Crippen LogP contribution in [0.25, 0.3) is 4.85 Å². The predicted molar refractivity (Wildman–Crippen MR) is 50.5 cm³/mol. The van der Waals surface area contributed by atoms with E-state index in [0.29, 0.717) is 13.2 Å². The minimum atomic E-state index is -0.155. The number of nitrogens with zero attached hydrogens (tertiary/aromatic N) is 1. The van der Waals surface area contributed by atoms with Crippen LogP contribution in [0.1, 0.15) is 25.7 Å². The molecule has 74 valence electrons. The number of ether oxygens (including phenoxy) is 2. The maximum absolute atomic E-state index is 6.77. The van der Waals surface area contributed by atoms with Crippen LogP contribution in [-0.2, 0) is 9.47 Å². The fourth-order valence-corrected chi connectivity index (χ4v) is 1.82. The molecule has 1 heterocycles. The standard InChI is InChI=1S/C10H17NO2/c1-11-7-6-10(9-12-2)5-3-4-8-13-10/h3-9H2,2H3. The quantitative estimate of drug-likeness (QED) is 0.621. The summed E-state index contributed by atoms with van der Waals surface area (Å²) in [4.78, 5) is 3.37. The van der Waals surface area contributed by atoms with Crippen molar-refractivity contribution in [2.45, 2.75) is 31.3 Å². The molecular weight excluding hydrogens is 166 g/mol. The van der Waals surface area contributed by atoms with E-state index in [9.17, 15) is 0 Å². The van der Waals surface area contributed by atoms with Crippen molar-refractivity contribution >= 4 is 0 Å². The highest BCUT2D eigenvalue weighted by atomic mass is 16.5. The lowest BCUT2D eigenvalue weighted by atomic mass is 9.91. The van der Waals surface area contributed by atoms with E-state index < -0.39 is 0 Å². The molecule has 0 aromatic heterocycles. The third kappa shape index (κ3) is 2.98. The molecule has 1 aliphatic rings. The number of hydrogen-bond acceptors (Lipinski definition) is 2. The third-order valence-electron chi connectivity index (χ3n) is 2.52. The molecule has 0 aromatic rings. The first kappa shape index (κ1) is 10.5. The molecule has 1 unspecified atom stereocenters. The Morgan fingerprint density at radius 1 is 1.54 bits per heavy atom. The van der Waals surface area contributed by atoms with Crippen LogP contribution in [0.15, 0.2) is 0 Å². The Balaban J connectivity index is 2.46. The second-order valence-corrected chi connectivity index (χ2v) is 3.55. The van der Waals surface area contributed by atoms with Crippen molar-refractivity contribution in [3.8, 4) is 0 Å². The summed E-state index contributed by atoms with van der Waals surface area (Å²) >= 11 is 0. The lowest BCUT2D eigenvalue weighted by Gasteiger charge is -2.35. The molecule has 0 saturated carbocycles. The summed E-state index contributed by atoms with van der Waals surface area (Å²) in [5.41, 5.74) is -0.155. The van der Waals surface area contributed by atoms with Crippen molar-refractivity contribution in [3.05, 3.63) is 11.4 Å². The minimum absolute atomic E-state index is 0.155. The van der Waals surface area contributed by atoms with Crippen LogP contribution in [0.5, 0.6) is 0 Å². The van der Waals surface area contributed by atoms with Gasteiger partial charge in [0.2, 0.25) is 6.54 Å². The summed E-state index contributed by atoms with van der Waals surface area (Å²) in [5.74, 6) is 0. The molecule has 0 radical (unpaired) electrons. The average Bonchev–Trinajstić information content (AvgIpc) is 2.17. The molecule has 1 rings (SSSR count). The molecule has 1 fully saturated rings. The van der Waals surface area contributed by atoms with Gasteiger partial charge < -0.3 is 14.3 Å². The fraction of sp³-hybridized carbons (Fsp3) is 0.900. The molecule has 0 amide bonds. The lowest BCUT2D eigenvalue weighted by Crippen LogP contribution is -2.41. The zero-order chi connectivity index (χ0) is 9.57. The Labute approximate surface area is 79.8 Å². The van der Waals surface area contributed by atoms with E-state index in [-0.39, 0.29) is 5.60 Å². The summed E-state index contributed by atoms with van der Waals surface area (Å²) in [5, 5.41) is 0. The van der Waals surface area contributed by atoms with Crippen LogP contribution in [0.3, 0.4) is 0 Å². The van der Waals surface area contributed by atoms with Crippen LogP contribution in [-0.4, -0.2) is 32.5 Å². The highest BCUT2D eigenvalue weighted by Crippen LogP contribution is 2.28. The summed E-state index contributed by atoms with van der Waals surface area (Å²) in [6.45, 7) is 8.76. The van der Waals surface area contributed by atoms with Crippen LogP contribution in [0.2, 0.25) is 0 Å². The van der Waals surface area contributed by atoms with Gasteiger partial charge in [-0.25, -0.2) is 6.57 Å². The molecule has 0 spiro atoms. The second-order valence-electron chi connectivity index (χ2n) is 3.55. The van der Waals surface area contributed by atoms with Crippen LogP contribution >= 0.6 is 0 Å². The molecule has 3 nitrogen and oxygen atoms in total. The van der Waals surface area contributed by atoms with Crippen molar-refractivity contribution < 1.29 is 9.47 Å². The highest BCUT2D eigenvalue weighted by Gasteiger charge is 2.33. The van der Waals surface area contributed by atoms with Gasteiger partial charge in [-0.1, -0.05) is 0 Å². The van der Waals surface area contributed by atoms with Crippen molar-refractivity contribution in [1.82, 2.24) is 0 Å². The van der Waals surface area contributed by atoms with Gasteiger partial charge in [0.25, 0.3) is 0 Å². The van der Waals surface area contributed by atoms with Gasteiger partial charge >= 0.3 is 0 Å². The predicted octanol–water partition coefficient (Wildman–Crippen LogP) is 1.88. The molecule has 1 atom stereocenters. The molecule has 1 saturated heterocycles. The second kappa shape index (κ2) is 5.21. The monoisotopic (exact) mass is 183 g/mol. The van der Waals surface area contributed by atoms with Gasteiger partial charge in [0, 0.05) is 13.7 Å². The molecule has 0 aliphatic carbocycles. The Kier molecular flexibility index (Phi) is 4.20. The van der Waals surface area contributed by atoms with Gasteiger partial charge in [0.15, 0.2) is 0 Å². The van der Waals surface area contributed by atoms with Gasteiger partial charge in [-0.15, -0.1) is 0 Å². The van der Waals surface area contributed by atoms with Crippen LogP contribution in [0.4, 0.5) is 0 Å². The summed E-state index contributed by atoms with van der Waals surface area (Å²) in [6.07, 6.45) is 4.19. The molecular formula is C10H17NO2. The first-order chi connectivity index (χ1) is 6.33. The van der Waals surface area contributed by atoms with Crippen molar-refractivity contribution in [3.63, 3.8) is 0 Å². The van der Waals surface area contributed by atoms with E-state index in [0.717, 1.165) is 25.9 Å². The zero-order valence-corrected chi connectivity index (χ0v) is 8.21. The number of hydrogen-bond donors (Lipinski definition) is 0. The molecule has 0 bridgehead atoms. The van der Waals surface area contributed by atoms with Gasteiger partial charge in [-0.2, -0.15) is 0 Å².